The summed E-state index contributed by atoms with van der Waals surface area (Å²) in [6.45, 7) is 2.48. The van der Waals surface area contributed by atoms with Gasteiger partial charge in [0.15, 0.2) is 11.5 Å². The van der Waals surface area contributed by atoms with Gasteiger partial charge in [0.1, 0.15) is 0 Å². The molecule has 0 aliphatic rings. The highest BCUT2D eigenvalue weighted by molar-refractivity contribution is 7.13. The Kier molecular flexibility index (Phi) is 4.63. The Labute approximate surface area is 122 Å². The topological polar surface area (TPSA) is 70.3 Å². The molecule has 2 aromatic rings. The lowest BCUT2D eigenvalue weighted by atomic mass is 10.2. The van der Waals surface area contributed by atoms with E-state index in [1.807, 2.05) is 0 Å². The first-order chi connectivity index (χ1) is 9.94. The number of rotatable bonds is 5. The van der Waals surface area contributed by atoms with Crippen molar-refractivity contribution in [1.82, 2.24) is 10.2 Å². The van der Waals surface area contributed by atoms with Gasteiger partial charge in [0.25, 0.3) is 5.19 Å². The SMILES string of the molecule is CCOc1cc(CN)ccc1Oc1nnc(C(F)(F)F)s1. The predicted octanol–water partition coefficient (Wildman–Crippen LogP) is 3.21. The monoisotopic (exact) mass is 319 g/mol. The maximum absolute atomic E-state index is 12.5. The van der Waals surface area contributed by atoms with E-state index < -0.39 is 11.2 Å². The number of aromatic nitrogens is 2. The summed E-state index contributed by atoms with van der Waals surface area (Å²) in [5, 5.41) is 5.15. The molecule has 2 rings (SSSR count). The first-order valence-electron chi connectivity index (χ1n) is 5.98. The fraction of sp³-hybridized carbons (Fsp3) is 0.333. The first-order valence-corrected chi connectivity index (χ1v) is 6.80. The minimum atomic E-state index is -4.54. The van der Waals surface area contributed by atoms with E-state index in [0.717, 1.165) is 5.56 Å². The third-order valence-corrected chi connectivity index (χ3v) is 3.24. The summed E-state index contributed by atoms with van der Waals surface area (Å²) in [6, 6.07) is 4.94. The summed E-state index contributed by atoms with van der Waals surface area (Å²) in [4.78, 5) is 0. The molecule has 1 aromatic heterocycles. The van der Waals surface area contributed by atoms with Crippen molar-refractivity contribution < 1.29 is 22.6 Å². The molecule has 0 spiro atoms. The fourth-order valence-corrected chi connectivity index (χ4v) is 2.07. The number of alkyl halides is 3. The van der Waals surface area contributed by atoms with Crippen molar-refractivity contribution in [3.05, 3.63) is 28.8 Å². The van der Waals surface area contributed by atoms with Crippen molar-refractivity contribution in [2.24, 2.45) is 5.73 Å². The molecule has 114 valence electrons. The number of hydrogen-bond donors (Lipinski definition) is 1. The lowest BCUT2D eigenvalue weighted by Crippen LogP contribution is -2.03. The molecular weight excluding hydrogens is 307 g/mol. The normalized spacial score (nSPS) is 11.5. The van der Waals surface area contributed by atoms with E-state index >= 15 is 0 Å². The average Bonchev–Trinajstić information content (AvgIpc) is 2.89. The van der Waals surface area contributed by atoms with Gasteiger partial charge in [-0.05, 0) is 24.6 Å². The Morgan fingerprint density at radius 2 is 2.00 bits per heavy atom. The van der Waals surface area contributed by atoms with Crippen molar-refractivity contribution in [3.63, 3.8) is 0 Å². The van der Waals surface area contributed by atoms with Crippen molar-refractivity contribution in [2.75, 3.05) is 6.61 Å². The highest BCUT2D eigenvalue weighted by Crippen LogP contribution is 2.38. The van der Waals surface area contributed by atoms with Gasteiger partial charge in [-0.1, -0.05) is 22.5 Å². The van der Waals surface area contributed by atoms with Crippen LogP contribution in [0.1, 0.15) is 17.5 Å². The van der Waals surface area contributed by atoms with Crippen LogP contribution < -0.4 is 15.2 Å². The first kappa shape index (κ1) is 15.5. The van der Waals surface area contributed by atoms with Crippen molar-refractivity contribution >= 4 is 11.3 Å². The highest BCUT2D eigenvalue weighted by Gasteiger charge is 2.36. The zero-order valence-corrected chi connectivity index (χ0v) is 11.8. The maximum atomic E-state index is 12.5. The lowest BCUT2D eigenvalue weighted by Gasteiger charge is -2.10. The van der Waals surface area contributed by atoms with E-state index in [0.29, 0.717) is 30.2 Å². The molecule has 21 heavy (non-hydrogen) atoms. The molecule has 0 saturated carbocycles. The number of ether oxygens (including phenoxy) is 2. The van der Waals surface area contributed by atoms with E-state index in [1.165, 1.54) is 0 Å². The van der Waals surface area contributed by atoms with Crippen LogP contribution in [0.3, 0.4) is 0 Å². The van der Waals surface area contributed by atoms with Gasteiger partial charge < -0.3 is 15.2 Å². The molecule has 2 N–H and O–H groups in total. The predicted molar refractivity (Wildman–Crippen MR) is 70.5 cm³/mol. The number of benzene rings is 1. The van der Waals surface area contributed by atoms with Crippen LogP contribution in [0, 0.1) is 0 Å². The van der Waals surface area contributed by atoms with E-state index in [1.54, 1.807) is 25.1 Å². The molecule has 1 aromatic carbocycles. The molecule has 0 fully saturated rings. The molecule has 0 aliphatic heterocycles. The van der Waals surface area contributed by atoms with Gasteiger partial charge in [0.2, 0.25) is 5.01 Å². The fourth-order valence-electron chi connectivity index (χ4n) is 1.49. The minimum absolute atomic E-state index is 0.205. The van der Waals surface area contributed by atoms with Crippen LogP contribution in [0.2, 0.25) is 0 Å². The Hall–Kier alpha value is -1.87. The second-order valence-corrected chi connectivity index (χ2v) is 4.83. The second-order valence-electron chi connectivity index (χ2n) is 3.89. The van der Waals surface area contributed by atoms with E-state index in [-0.39, 0.29) is 10.9 Å². The summed E-state index contributed by atoms with van der Waals surface area (Å²) in [6.07, 6.45) is -4.54. The van der Waals surface area contributed by atoms with Crippen LogP contribution in [0.15, 0.2) is 18.2 Å². The molecule has 9 heteroatoms. The Morgan fingerprint density at radius 3 is 2.57 bits per heavy atom. The molecule has 0 aliphatic carbocycles. The van der Waals surface area contributed by atoms with Crippen LogP contribution >= 0.6 is 11.3 Å². The van der Waals surface area contributed by atoms with Crippen LogP contribution in [0.5, 0.6) is 16.7 Å². The molecule has 1 heterocycles. The third-order valence-electron chi connectivity index (χ3n) is 2.39. The molecule has 0 bridgehead atoms. The van der Waals surface area contributed by atoms with E-state index in [4.69, 9.17) is 15.2 Å². The largest absolute Gasteiger partial charge is 0.490 e. The van der Waals surface area contributed by atoms with Crippen molar-refractivity contribution in [3.8, 4) is 16.7 Å². The van der Waals surface area contributed by atoms with Gasteiger partial charge in [-0.3, -0.25) is 0 Å². The summed E-state index contributed by atoms with van der Waals surface area (Å²) >= 11 is 0.322. The second kappa shape index (κ2) is 6.27. The van der Waals surface area contributed by atoms with Gasteiger partial charge in [-0.25, -0.2) is 0 Å². The van der Waals surface area contributed by atoms with Gasteiger partial charge in [0, 0.05) is 6.54 Å². The number of halogens is 3. The van der Waals surface area contributed by atoms with Crippen LogP contribution in [0.25, 0.3) is 0 Å². The van der Waals surface area contributed by atoms with Crippen LogP contribution in [-0.4, -0.2) is 16.8 Å². The quantitative estimate of drug-likeness (QED) is 0.916. The number of hydrogen-bond acceptors (Lipinski definition) is 6. The Balaban J connectivity index is 2.24. The molecular formula is C12H12F3N3O2S. The zero-order valence-electron chi connectivity index (χ0n) is 11.0. The Bertz CT molecular complexity index is 616. The number of nitrogens with zero attached hydrogens (tertiary/aromatic N) is 2. The van der Waals surface area contributed by atoms with Gasteiger partial charge in [-0.2, -0.15) is 13.2 Å². The summed E-state index contributed by atoms with van der Waals surface area (Å²) in [5.74, 6) is 0.656. The minimum Gasteiger partial charge on any atom is -0.490 e. The summed E-state index contributed by atoms with van der Waals surface area (Å²) in [5.41, 5.74) is 6.35. The van der Waals surface area contributed by atoms with Crippen molar-refractivity contribution in [2.45, 2.75) is 19.6 Å². The van der Waals surface area contributed by atoms with E-state index in [2.05, 4.69) is 10.2 Å². The molecule has 0 unspecified atom stereocenters. The molecule has 0 atom stereocenters. The standard InChI is InChI=1S/C12H12F3N3O2S/c1-2-19-9-5-7(6-16)3-4-8(9)20-11-18-17-10(21-11)12(13,14)15/h3-5H,2,6,16H2,1H3. The van der Waals surface area contributed by atoms with Gasteiger partial charge in [0.05, 0.1) is 6.61 Å². The molecule has 5 nitrogen and oxygen atoms in total. The molecule has 0 radical (unpaired) electrons. The smallest absolute Gasteiger partial charge is 0.445 e. The summed E-state index contributed by atoms with van der Waals surface area (Å²) in [7, 11) is 0. The van der Waals surface area contributed by atoms with Crippen molar-refractivity contribution in [1.29, 1.82) is 0 Å². The molecule has 0 saturated heterocycles. The van der Waals surface area contributed by atoms with E-state index in [9.17, 15) is 13.2 Å². The molecule has 0 amide bonds. The average molecular weight is 319 g/mol. The zero-order chi connectivity index (χ0) is 15.5. The number of nitrogens with two attached hydrogens (primary N) is 1. The van der Waals surface area contributed by atoms with Crippen LogP contribution in [-0.2, 0) is 12.7 Å². The Morgan fingerprint density at radius 1 is 1.24 bits per heavy atom. The third kappa shape index (κ3) is 3.82. The summed E-state index contributed by atoms with van der Waals surface area (Å²) < 4.78 is 48.1. The maximum Gasteiger partial charge on any atom is 0.445 e. The lowest BCUT2D eigenvalue weighted by molar-refractivity contribution is -0.138. The van der Waals surface area contributed by atoms with Gasteiger partial charge in [-0.15, -0.1) is 5.10 Å². The highest BCUT2D eigenvalue weighted by atomic mass is 32.1. The van der Waals surface area contributed by atoms with Gasteiger partial charge >= 0.3 is 6.18 Å². The van der Waals surface area contributed by atoms with Crippen LogP contribution in [0.4, 0.5) is 13.2 Å².